The molecular formula is C18H12F3N5. The smallest absolute Gasteiger partial charge is 0.229 e. The van der Waals surface area contributed by atoms with Gasteiger partial charge in [-0.3, -0.25) is 0 Å². The van der Waals surface area contributed by atoms with Crippen molar-refractivity contribution in [1.29, 1.82) is 5.26 Å². The van der Waals surface area contributed by atoms with Crippen LogP contribution in [0.2, 0.25) is 0 Å². The number of hydrogen-bond donors (Lipinski definition) is 2. The molecule has 0 aliphatic carbocycles. The first-order valence-electron chi connectivity index (χ1n) is 7.49. The predicted molar refractivity (Wildman–Crippen MR) is 90.8 cm³/mol. The summed E-state index contributed by atoms with van der Waals surface area (Å²) in [6, 6.07) is 12.1. The maximum Gasteiger partial charge on any atom is 0.229 e. The number of anilines is 4. The second kappa shape index (κ2) is 7.11. The first kappa shape index (κ1) is 17.2. The Bertz CT molecular complexity index is 997. The minimum Gasteiger partial charge on any atom is -0.338 e. The Morgan fingerprint density at radius 3 is 2.35 bits per heavy atom. The number of nitriles is 1. The third-order valence-corrected chi connectivity index (χ3v) is 3.42. The van der Waals surface area contributed by atoms with Crippen molar-refractivity contribution < 1.29 is 13.2 Å². The van der Waals surface area contributed by atoms with Crippen molar-refractivity contribution in [2.24, 2.45) is 0 Å². The fourth-order valence-electron chi connectivity index (χ4n) is 2.21. The van der Waals surface area contributed by atoms with Crippen LogP contribution in [-0.2, 0) is 0 Å². The maximum absolute atomic E-state index is 13.8. The Morgan fingerprint density at radius 1 is 0.923 bits per heavy atom. The van der Waals surface area contributed by atoms with E-state index in [4.69, 9.17) is 5.26 Å². The number of nitrogens with zero attached hydrogens (tertiary/aromatic N) is 3. The molecule has 8 heteroatoms. The summed E-state index contributed by atoms with van der Waals surface area (Å²) < 4.78 is 40.2. The molecule has 0 amide bonds. The minimum absolute atomic E-state index is 0.207. The molecule has 0 saturated heterocycles. The molecule has 0 aliphatic heterocycles. The van der Waals surface area contributed by atoms with Crippen molar-refractivity contribution in [3.63, 3.8) is 0 Å². The largest absolute Gasteiger partial charge is 0.338 e. The molecule has 5 nitrogen and oxygen atoms in total. The summed E-state index contributed by atoms with van der Waals surface area (Å²) in [5, 5.41) is 14.4. The van der Waals surface area contributed by atoms with E-state index in [1.54, 1.807) is 31.2 Å². The third kappa shape index (κ3) is 3.72. The van der Waals surface area contributed by atoms with E-state index in [0.717, 1.165) is 12.1 Å². The average molecular weight is 355 g/mol. The summed E-state index contributed by atoms with van der Waals surface area (Å²) in [6.07, 6.45) is 0. The zero-order valence-corrected chi connectivity index (χ0v) is 13.5. The number of nitrogens with one attached hydrogen (secondary N) is 2. The average Bonchev–Trinajstić information content (AvgIpc) is 2.62. The Morgan fingerprint density at radius 2 is 1.65 bits per heavy atom. The molecule has 0 radical (unpaired) electrons. The molecule has 0 atom stereocenters. The first-order chi connectivity index (χ1) is 12.5. The van der Waals surface area contributed by atoms with Gasteiger partial charge in [0, 0.05) is 17.4 Å². The highest BCUT2D eigenvalue weighted by atomic mass is 19.2. The second-order valence-corrected chi connectivity index (χ2v) is 5.38. The Hall–Kier alpha value is -3.60. The van der Waals surface area contributed by atoms with E-state index < -0.39 is 17.5 Å². The Kier molecular flexibility index (Phi) is 4.71. The first-order valence-corrected chi connectivity index (χ1v) is 7.49. The number of rotatable bonds is 4. The van der Waals surface area contributed by atoms with Crippen molar-refractivity contribution in [3.05, 3.63) is 71.2 Å². The number of halogens is 3. The van der Waals surface area contributed by atoms with Crippen molar-refractivity contribution >= 4 is 23.1 Å². The second-order valence-electron chi connectivity index (χ2n) is 5.38. The lowest BCUT2D eigenvalue weighted by atomic mass is 10.2. The van der Waals surface area contributed by atoms with Crippen LogP contribution in [0.15, 0.2) is 42.5 Å². The van der Waals surface area contributed by atoms with Gasteiger partial charge in [-0.05, 0) is 43.3 Å². The molecule has 0 unspecified atom stereocenters. The molecule has 130 valence electrons. The van der Waals surface area contributed by atoms with Crippen LogP contribution >= 0.6 is 0 Å². The summed E-state index contributed by atoms with van der Waals surface area (Å²) in [7, 11) is 0. The molecule has 0 fully saturated rings. The van der Waals surface area contributed by atoms with Crippen LogP contribution in [0, 0.1) is 35.7 Å². The number of aromatic nitrogens is 2. The molecule has 2 aromatic carbocycles. The van der Waals surface area contributed by atoms with Crippen LogP contribution in [0.4, 0.5) is 36.3 Å². The molecule has 26 heavy (non-hydrogen) atoms. The van der Waals surface area contributed by atoms with Gasteiger partial charge >= 0.3 is 0 Å². The highest BCUT2D eigenvalue weighted by molar-refractivity contribution is 5.61. The molecule has 0 spiro atoms. The standard InChI is InChI=1S/C18H12F3N5/c1-10-8-15(25-14-7-6-13(19)16(20)17(14)21)26-18(23-10)24-12-4-2-11(9-22)3-5-12/h2-8H,1H3,(H2,23,24,25,26). The van der Waals surface area contributed by atoms with Crippen molar-refractivity contribution in [3.8, 4) is 6.07 Å². The Balaban J connectivity index is 1.86. The van der Waals surface area contributed by atoms with Gasteiger partial charge in [0.1, 0.15) is 5.82 Å². The van der Waals surface area contributed by atoms with Gasteiger partial charge in [-0.1, -0.05) is 0 Å². The molecule has 2 N–H and O–H groups in total. The molecule has 3 rings (SSSR count). The molecule has 1 aromatic heterocycles. The molecular weight excluding hydrogens is 343 g/mol. The number of hydrogen-bond acceptors (Lipinski definition) is 5. The van der Waals surface area contributed by atoms with Gasteiger partial charge in [-0.15, -0.1) is 0 Å². The maximum atomic E-state index is 13.8. The van der Waals surface area contributed by atoms with E-state index in [2.05, 4.69) is 20.6 Å². The third-order valence-electron chi connectivity index (χ3n) is 3.42. The quantitative estimate of drug-likeness (QED) is 0.671. The van der Waals surface area contributed by atoms with Gasteiger partial charge in [-0.2, -0.15) is 10.2 Å². The summed E-state index contributed by atoms with van der Waals surface area (Å²) in [5.74, 6) is -3.73. The van der Waals surface area contributed by atoms with E-state index in [0.29, 0.717) is 16.9 Å². The monoisotopic (exact) mass is 355 g/mol. The summed E-state index contributed by atoms with van der Waals surface area (Å²) in [6.45, 7) is 1.71. The molecule has 1 heterocycles. The van der Waals surface area contributed by atoms with E-state index in [1.807, 2.05) is 6.07 Å². The lowest BCUT2D eigenvalue weighted by Crippen LogP contribution is -2.04. The van der Waals surface area contributed by atoms with E-state index >= 15 is 0 Å². The molecule has 0 aliphatic rings. The number of benzene rings is 2. The molecule has 3 aromatic rings. The molecule has 0 bridgehead atoms. The summed E-state index contributed by atoms with van der Waals surface area (Å²) in [4.78, 5) is 8.39. The van der Waals surface area contributed by atoms with Gasteiger partial charge in [0.25, 0.3) is 0 Å². The summed E-state index contributed by atoms with van der Waals surface area (Å²) >= 11 is 0. The van der Waals surface area contributed by atoms with Crippen LogP contribution < -0.4 is 10.6 Å². The van der Waals surface area contributed by atoms with Gasteiger partial charge in [0.15, 0.2) is 17.5 Å². The van der Waals surface area contributed by atoms with E-state index in [1.165, 1.54) is 6.07 Å². The van der Waals surface area contributed by atoms with Gasteiger partial charge < -0.3 is 10.6 Å². The zero-order chi connectivity index (χ0) is 18.7. The SMILES string of the molecule is Cc1cc(Nc2ccc(F)c(F)c2F)nc(Nc2ccc(C#N)cc2)n1. The van der Waals surface area contributed by atoms with Crippen LogP contribution in [0.3, 0.4) is 0 Å². The van der Waals surface area contributed by atoms with Gasteiger partial charge in [0.2, 0.25) is 5.95 Å². The summed E-state index contributed by atoms with van der Waals surface area (Å²) in [5.41, 5.74) is 1.49. The Labute approximate surface area is 147 Å². The lowest BCUT2D eigenvalue weighted by Gasteiger charge is -2.11. The fourth-order valence-corrected chi connectivity index (χ4v) is 2.21. The number of aryl methyl sites for hydroxylation is 1. The van der Waals surface area contributed by atoms with Crippen LogP contribution in [0.1, 0.15) is 11.3 Å². The minimum atomic E-state index is -1.56. The fraction of sp³-hybridized carbons (Fsp3) is 0.0556. The van der Waals surface area contributed by atoms with Crippen LogP contribution in [0.25, 0.3) is 0 Å². The van der Waals surface area contributed by atoms with Crippen LogP contribution in [-0.4, -0.2) is 9.97 Å². The topological polar surface area (TPSA) is 73.6 Å². The molecule has 0 saturated carbocycles. The highest BCUT2D eigenvalue weighted by Crippen LogP contribution is 2.24. The van der Waals surface area contributed by atoms with Gasteiger partial charge in [0.05, 0.1) is 17.3 Å². The zero-order valence-electron chi connectivity index (χ0n) is 13.5. The van der Waals surface area contributed by atoms with Crippen molar-refractivity contribution in [1.82, 2.24) is 9.97 Å². The lowest BCUT2D eigenvalue weighted by molar-refractivity contribution is 0.449. The predicted octanol–water partition coefficient (Wildman–Crippen LogP) is 4.56. The van der Waals surface area contributed by atoms with Crippen LogP contribution in [0.5, 0.6) is 0 Å². The van der Waals surface area contributed by atoms with Crippen molar-refractivity contribution in [2.45, 2.75) is 6.92 Å². The van der Waals surface area contributed by atoms with Gasteiger partial charge in [-0.25, -0.2) is 18.2 Å². The van der Waals surface area contributed by atoms with E-state index in [-0.39, 0.29) is 17.5 Å². The van der Waals surface area contributed by atoms with Crippen molar-refractivity contribution in [2.75, 3.05) is 10.6 Å². The van der Waals surface area contributed by atoms with E-state index in [9.17, 15) is 13.2 Å². The normalized spacial score (nSPS) is 10.3. The highest BCUT2D eigenvalue weighted by Gasteiger charge is 2.14.